The molecule has 0 aliphatic heterocycles. The van der Waals surface area contributed by atoms with Gasteiger partial charge in [-0.1, -0.05) is 0 Å². The smallest absolute Gasteiger partial charge is 0.256 e. The van der Waals surface area contributed by atoms with Gasteiger partial charge in [0.1, 0.15) is 0 Å². The number of nitrogens with one attached hydrogen (secondary N) is 1. The Morgan fingerprint density at radius 1 is 1.21 bits per heavy atom. The third kappa shape index (κ3) is 3.62. The zero-order chi connectivity index (χ0) is 20.5. The lowest BCUT2D eigenvalue weighted by molar-refractivity contribution is 0.102. The number of nitrogens with zero attached hydrogens (tertiary/aromatic N) is 4. The lowest BCUT2D eigenvalue weighted by atomic mass is 10.1. The molecule has 0 unspecified atom stereocenters. The lowest BCUT2D eigenvalue weighted by Crippen LogP contribution is -2.13. The summed E-state index contributed by atoms with van der Waals surface area (Å²) in [7, 11) is 0. The van der Waals surface area contributed by atoms with Gasteiger partial charge in [-0.3, -0.25) is 4.79 Å². The monoisotopic (exact) mass is 401 g/mol. The molecule has 0 saturated heterocycles. The normalized spacial score (nSPS) is 11.0. The van der Waals surface area contributed by atoms with Crippen LogP contribution in [0.15, 0.2) is 48.7 Å². The van der Waals surface area contributed by atoms with Crippen molar-refractivity contribution in [2.24, 2.45) is 0 Å². The zero-order valence-electron chi connectivity index (χ0n) is 16.3. The predicted molar refractivity (Wildman–Crippen MR) is 115 cm³/mol. The molecule has 0 bridgehead atoms. The van der Waals surface area contributed by atoms with Gasteiger partial charge in [-0.05, 0) is 63.2 Å². The quantitative estimate of drug-likeness (QED) is 0.511. The third-order valence-electron chi connectivity index (χ3n) is 4.57. The van der Waals surface area contributed by atoms with E-state index in [-0.39, 0.29) is 11.9 Å². The van der Waals surface area contributed by atoms with E-state index in [0.717, 1.165) is 10.6 Å². The number of hydrogen-bond acceptors (Lipinski definition) is 5. The predicted octanol–water partition coefficient (Wildman–Crippen LogP) is 5.17. The number of rotatable bonds is 4. The van der Waals surface area contributed by atoms with Gasteiger partial charge in [0, 0.05) is 16.6 Å². The van der Waals surface area contributed by atoms with E-state index in [1.54, 1.807) is 41.8 Å². The molecule has 144 valence electrons. The molecule has 0 spiro atoms. The van der Waals surface area contributed by atoms with E-state index in [0.29, 0.717) is 27.8 Å². The second-order valence-electron chi connectivity index (χ2n) is 7.03. The summed E-state index contributed by atoms with van der Waals surface area (Å²) in [4.78, 5) is 20.1. The van der Waals surface area contributed by atoms with Gasteiger partial charge in [-0.2, -0.15) is 10.4 Å². The summed E-state index contributed by atoms with van der Waals surface area (Å²) in [6.45, 7) is 6.11. The summed E-state index contributed by atoms with van der Waals surface area (Å²) >= 11 is 1.64. The van der Waals surface area contributed by atoms with Crippen LogP contribution < -0.4 is 5.32 Å². The van der Waals surface area contributed by atoms with Crippen molar-refractivity contribution >= 4 is 34.0 Å². The first-order valence-corrected chi connectivity index (χ1v) is 10.0. The molecule has 1 aromatic carbocycles. The summed E-state index contributed by atoms with van der Waals surface area (Å²) in [6, 6.07) is 14.9. The van der Waals surface area contributed by atoms with Crippen molar-refractivity contribution in [1.29, 1.82) is 5.26 Å². The van der Waals surface area contributed by atoms with E-state index in [2.05, 4.69) is 16.5 Å². The molecular weight excluding hydrogens is 382 g/mol. The largest absolute Gasteiger partial charge is 0.322 e. The first-order valence-electron chi connectivity index (χ1n) is 9.23. The first kappa shape index (κ1) is 18.8. The topological polar surface area (TPSA) is 83.6 Å². The van der Waals surface area contributed by atoms with E-state index in [4.69, 9.17) is 10.2 Å². The van der Waals surface area contributed by atoms with Gasteiger partial charge in [0.2, 0.25) is 0 Å². The number of carbonyl (C=O) groups excluding carboxylic acids is 1. The highest BCUT2D eigenvalue weighted by molar-refractivity contribution is 7.15. The molecular formula is C22H19N5OS. The van der Waals surface area contributed by atoms with Gasteiger partial charge in [0.05, 0.1) is 39.4 Å². The van der Waals surface area contributed by atoms with E-state index < -0.39 is 0 Å². The molecule has 0 aliphatic carbocycles. The van der Waals surface area contributed by atoms with Gasteiger partial charge in [0.15, 0.2) is 5.65 Å². The minimum atomic E-state index is -0.236. The van der Waals surface area contributed by atoms with Crippen LogP contribution in [0.5, 0.6) is 0 Å². The number of aromatic nitrogens is 3. The standard InChI is InChI=1S/C22H19N5OS/c1-13(2)27-21-18(12-24-27)17(10-19(26-21)20-9-4-14(3)29-20)22(28)25-16-7-5-15(11-23)6-8-16/h4-10,12-13H,1-3H3,(H,25,28). The van der Waals surface area contributed by atoms with E-state index >= 15 is 0 Å². The Labute approximate surface area is 172 Å². The number of carbonyl (C=O) groups is 1. The van der Waals surface area contributed by atoms with Crippen LogP contribution >= 0.6 is 11.3 Å². The number of anilines is 1. The Balaban J connectivity index is 1.81. The summed E-state index contributed by atoms with van der Waals surface area (Å²) in [6.07, 6.45) is 1.69. The van der Waals surface area contributed by atoms with Gasteiger partial charge < -0.3 is 5.32 Å². The average molecular weight is 401 g/mol. The van der Waals surface area contributed by atoms with E-state index in [9.17, 15) is 4.79 Å². The summed E-state index contributed by atoms with van der Waals surface area (Å²) in [5.74, 6) is -0.236. The van der Waals surface area contributed by atoms with E-state index in [1.165, 1.54) is 4.88 Å². The number of amides is 1. The molecule has 1 amide bonds. The van der Waals surface area contributed by atoms with Crippen molar-refractivity contribution in [3.8, 4) is 16.6 Å². The second-order valence-corrected chi connectivity index (χ2v) is 8.32. The van der Waals surface area contributed by atoms with Crippen LogP contribution in [0, 0.1) is 18.3 Å². The maximum Gasteiger partial charge on any atom is 0.256 e. The molecule has 4 aromatic rings. The number of thiophene rings is 1. The second kappa shape index (κ2) is 7.49. The highest BCUT2D eigenvalue weighted by Gasteiger charge is 2.19. The SMILES string of the molecule is Cc1ccc(-c2cc(C(=O)Nc3ccc(C#N)cc3)c3cnn(C(C)C)c3n2)s1. The summed E-state index contributed by atoms with van der Waals surface area (Å²) in [5.41, 5.74) is 3.13. The van der Waals surface area contributed by atoms with Gasteiger partial charge in [-0.15, -0.1) is 11.3 Å². The number of benzene rings is 1. The molecule has 0 atom stereocenters. The molecule has 0 fully saturated rings. The Kier molecular flexibility index (Phi) is 4.87. The molecule has 0 saturated carbocycles. The van der Waals surface area contributed by atoms with Crippen molar-refractivity contribution in [3.05, 3.63) is 64.7 Å². The molecule has 1 N–H and O–H groups in total. The lowest BCUT2D eigenvalue weighted by Gasteiger charge is -2.10. The Morgan fingerprint density at radius 2 is 1.97 bits per heavy atom. The van der Waals surface area contributed by atoms with Crippen LogP contribution in [0.1, 0.15) is 40.7 Å². The van der Waals surface area contributed by atoms with Crippen LogP contribution in [0.4, 0.5) is 5.69 Å². The number of nitriles is 1. The number of pyridine rings is 1. The summed E-state index contributed by atoms with van der Waals surface area (Å²) in [5, 5.41) is 17.0. The fourth-order valence-corrected chi connectivity index (χ4v) is 3.94. The minimum absolute atomic E-state index is 0.120. The minimum Gasteiger partial charge on any atom is -0.322 e. The molecule has 6 nitrogen and oxygen atoms in total. The maximum atomic E-state index is 13.1. The van der Waals surface area contributed by atoms with Crippen molar-refractivity contribution in [2.45, 2.75) is 26.8 Å². The number of hydrogen-bond donors (Lipinski definition) is 1. The van der Waals surface area contributed by atoms with Crippen molar-refractivity contribution in [2.75, 3.05) is 5.32 Å². The molecule has 7 heteroatoms. The molecule has 29 heavy (non-hydrogen) atoms. The fourth-order valence-electron chi connectivity index (χ4n) is 3.11. The van der Waals surface area contributed by atoms with Crippen molar-refractivity contribution in [3.63, 3.8) is 0 Å². The fraction of sp³-hybridized carbons (Fsp3) is 0.182. The third-order valence-corrected chi connectivity index (χ3v) is 5.59. The van der Waals surface area contributed by atoms with Crippen molar-refractivity contribution < 1.29 is 4.79 Å². The van der Waals surface area contributed by atoms with Gasteiger partial charge in [-0.25, -0.2) is 9.67 Å². The Bertz CT molecular complexity index is 1240. The average Bonchev–Trinajstić information content (AvgIpc) is 3.34. The summed E-state index contributed by atoms with van der Waals surface area (Å²) < 4.78 is 1.83. The molecule has 3 heterocycles. The van der Waals surface area contributed by atoms with Crippen LogP contribution in [0.2, 0.25) is 0 Å². The van der Waals surface area contributed by atoms with Crippen LogP contribution in [-0.2, 0) is 0 Å². The van der Waals surface area contributed by atoms with E-state index in [1.807, 2.05) is 43.7 Å². The molecule has 3 aromatic heterocycles. The van der Waals surface area contributed by atoms with Gasteiger partial charge >= 0.3 is 0 Å². The highest BCUT2D eigenvalue weighted by atomic mass is 32.1. The Morgan fingerprint density at radius 3 is 2.59 bits per heavy atom. The molecule has 0 radical (unpaired) electrons. The first-order chi connectivity index (χ1) is 14.0. The molecule has 0 aliphatic rings. The molecule has 4 rings (SSSR count). The van der Waals surface area contributed by atoms with Crippen molar-refractivity contribution in [1.82, 2.24) is 14.8 Å². The van der Waals surface area contributed by atoms with Gasteiger partial charge in [0.25, 0.3) is 5.91 Å². The van der Waals surface area contributed by atoms with Crippen LogP contribution in [0.3, 0.4) is 0 Å². The Hall–Kier alpha value is -3.50. The zero-order valence-corrected chi connectivity index (χ0v) is 17.1. The number of fused-ring (bicyclic) bond motifs is 1. The number of aryl methyl sites for hydroxylation is 1. The highest BCUT2D eigenvalue weighted by Crippen LogP contribution is 2.31. The maximum absolute atomic E-state index is 13.1. The van der Waals surface area contributed by atoms with Crippen LogP contribution in [0.25, 0.3) is 21.6 Å². The van der Waals surface area contributed by atoms with Crippen LogP contribution in [-0.4, -0.2) is 20.7 Å².